The van der Waals surface area contributed by atoms with Crippen LogP contribution in [0.15, 0.2) is 18.2 Å². The van der Waals surface area contributed by atoms with Crippen molar-refractivity contribution < 1.29 is 14.6 Å². The van der Waals surface area contributed by atoms with E-state index in [1.165, 1.54) is 0 Å². The van der Waals surface area contributed by atoms with Gasteiger partial charge >= 0.3 is 0 Å². The highest BCUT2D eigenvalue weighted by Crippen LogP contribution is 2.29. The summed E-state index contributed by atoms with van der Waals surface area (Å²) < 4.78 is 11.3. The number of hydrogen-bond donors (Lipinski definition) is 2. The molecule has 1 aromatic rings. The average Bonchev–Trinajstić information content (AvgIpc) is 2.53. The Balaban J connectivity index is 1.93. The zero-order valence-corrected chi connectivity index (χ0v) is 12.8. The minimum Gasteiger partial charge on any atom is -0.491 e. The highest BCUT2D eigenvalue weighted by molar-refractivity contribution is 5.62. The Morgan fingerprint density at radius 1 is 1.29 bits per heavy atom. The topological polar surface area (TPSA) is 68.0 Å². The zero-order valence-electron chi connectivity index (χ0n) is 12.8. The Kier molecular flexibility index (Phi) is 6.14. The maximum absolute atomic E-state index is 8.79. The minimum absolute atomic E-state index is 0.0936. The number of piperidine rings is 1. The smallest absolute Gasteiger partial charge is 0.144 e. The van der Waals surface area contributed by atoms with Crippen molar-refractivity contribution in [2.75, 3.05) is 43.5 Å². The van der Waals surface area contributed by atoms with Crippen molar-refractivity contribution in [1.29, 1.82) is 0 Å². The lowest BCUT2D eigenvalue weighted by atomic mass is 10.1. The van der Waals surface area contributed by atoms with Crippen LogP contribution >= 0.6 is 0 Å². The zero-order chi connectivity index (χ0) is 15.1. The van der Waals surface area contributed by atoms with Crippen LogP contribution in [0.1, 0.15) is 26.2 Å². The van der Waals surface area contributed by atoms with Crippen LogP contribution < -0.4 is 15.4 Å². The number of ether oxygens (including phenoxy) is 2. The maximum atomic E-state index is 8.79. The molecule has 0 aromatic heterocycles. The summed E-state index contributed by atoms with van der Waals surface area (Å²) in [6.45, 7) is 5.19. The fourth-order valence-electron chi connectivity index (χ4n) is 2.56. The number of nitrogen functional groups attached to an aromatic ring is 1. The van der Waals surface area contributed by atoms with Gasteiger partial charge in [-0.2, -0.15) is 0 Å². The first-order chi connectivity index (χ1) is 10.2. The molecule has 0 atom stereocenters. The predicted octanol–water partition coefficient (Wildman–Crippen LogP) is 2.04. The second kappa shape index (κ2) is 8.10. The predicted molar refractivity (Wildman–Crippen MR) is 84.9 cm³/mol. The molecular weight excluding hydrogens is 268 g/mol. The van der Waals surface area contributed by atoms with Gasteiger partial charge in [-0.25, -0.2) is 0 Å². The van der Waals surface area contributed by atoms with Gasteiger partial charge in [0.15, 0.2) is 0 Å². The van der Waals surface area contributed by atoms with Crippen molar-refractivity contribution in [1.82, 2.24) is 0 Å². The molecule has 1 aromatic carbocycles. The molecule has 0 aliphatic carbocycles. The maximum Gasteiger partial charge on any atom is 0.144 e. The molecule has 0 saturated carbocycles. The Hall–Kier alpha value is -1.46. The largest absolute Gasteiger partial charge is 0.491 e. The van der Waals surface area contributed by atoms with E-state index in [1.807, 2.05) is 18.2 Å². The van der Waals surface area contributed by atoms with Crippen molar-refractivity contribution >= 4 is 11.4 Å². The summed E-state index contributed by atoms with van der Waals surface area (Å²) in [4.78, 5) is 2.33. The summed E-state index contributed by atoms with van der Waals surface area (Å²) in [7, 11) is 0. The van der Waals surface area contributed by atoms with Crippen LogP contribution in [0, 0.1) is 0 Å². The van der Waals surface area contributed by atoms with Gasteiger partial charge in [-0.15, -0.1) is 0 Å². The second-order valence-electron chi connectivity index (χ2n) is 5.35. The van der Waals surface area contributed by atoms with Gasteiger partial charge in [0.25, 0.3) is 0 Å². The normalized spacial score (nSPS) is 16.2. The fraction of sp³-hybridized carbons (Fsp3) is 0.625. The quantitative estimate of drug-likeness (QED) is 0.753. The Bertz CT molecular complexity index is 432. The molecule has 5 heteroatoms. The van der Waals surface area contributed by atoms with Crippen LogP contribution in [-0.2, 0) is 4.74 Å². The van der Waals surface area contributed by atoms with Crippen molar-refractivity contribution in [3.05, 3.63) is 18.2 Å². The summed E-state index contributed by atoms with van der Waals surface area (Å²) in [6.07, 6.45) is 3.19. The second-order valence-corrected chi connectivity index (χ2v) is 5.35. The van der Waals surface area contributed by atoms with Gasteiger partial charge in [0, 0.05) is 24.8 Å². The molecule has 1 fully saturated rings. The van der Waals surface area contributed by atoms with E-state index in [-0.39, 0.29) is 12.7 Å². The highest BCUT2D eigenvalue weighted by atomic mass is 16.5. The van der Waals surface area contributed by atoms with Gasteiger partial charge in [0.2, 0.25) is 0 Å². The molecule has 5 nitrogen and oxygen atoms in total. The number of rotatable bonds is 7. The van der Waals surface area contributed by atoms with Gasteiger partial charge in [-0.05, 0) is 31.4 Å². The summed E-state index contributed by atoms with van der Waals surface area (Å²) in [5.74, 6) is 0.771. The van der Waals surface area contributed by atoms with E-state index in [9.17, 15) is 0 Å². The fourth-order valence-corrected chi connectivity index (χ4v) is 2.56. The van der Waals surface area contributed by atoms with E-state index >= 15 is 0 Å². The van der Waals surface area contributed by atoms with Crippen LogP contribution in [0.4, 0.5) is 11.4 Å². The molecule has 1 aliphatic heterocycles. The third kappa shape index (κ3) is 4.51. The molecule has 21 heavy (non-hydrogen) atoms. The highest BCUT2D eigenvalue weighted by Gasteiger charge is 2.20. The van der Waals surface area contributed by atoms with E-state index in [2.05, 4.69) is 11.8 Å². The van der Waals surface area contributed by atoms with E-state index in [1.54, 1.807) is 0 Å². The molecular formula is C16H26N2O3. The van der Waals surface area contributed by atoms with Crippen molar-refractivity contribution in [3.63, 3.8) is 0 Å². The monoisotopic (exact) mass is 294 g/mol. The summed E-state index contributed by atoms with van der Waals surface area (Å²) >= 11 is 0. The van der Waals surface area contributed by atoms with Gasteiger partial charge < -0.3 is 25.2 Å². The van der Waals surface area contributed by atoms with E-state index in [0.717, 1.165) is 43.8 Å². The minimum atomic E-state index is 0.0936. The lowest BCUT2D eigenvalue weighted by Gasteiger charge is -2.33. The lowest BCUT2D eigenvalue weighted by Crippen LogP contribution is -2.37. The van der Waals surface area contributed by atoms with Crippen LogP contribution in [0.5, 0.6) is 5.75 Å². The van der Waals surface area contributed by atoms with Crippen LogP contribution in [0.25, 0.3) is 0 Å². The molecule has 2 rings (SSSR count). The SMILES string of the molecule is CCCOc1cc(N2CCC(OCCO)CC2)ccc1N. The van der Waals surface area contributed by atoms with Crippen molar-refractivity contribution in [3.8, 4) is 5.75 Å². The third-order valence-corrected chi connectivity index (χ3v) is 3.71. The number of nitrogens with zero attached hydrogens (tertiary/aromatic N) is 1. The van der Waals surface area contributed by atoms with Gasteiger partial charge in [-0.1, -0.05) is 6.92 Å². The van der Waals surface area contributed by atoms with E-state index in [0.29, 0.717) is 18.9 Å². The standard InChI is InChI=1S/C16H26N2O3/c1-2-10-21-16-12-13(3-4-15(16)17)18-7-5-14(6-8-18)20-11-9-19/h3-4,12,14,19H,2,5-11,17H2,1H3. The molecule has 0 radical (unpaired) electrons. The summed E-state index contributed by atoms with van der Waals surface area (Å²) in [5, 5.41) is 8.79. The van der Waals surface area contributed by atoms with Crippen LogP contribution in [-0.4, -0.2) is 44.1 Å². The molecule has 0 bridgehead atoms. The van der Waals surface area contributed by atoms with Gasteiger partial charge in [0.05, 0.1) is 31.6 Å². The first-order valence-corrected chi connectivity index (χ1v) is 7.74. The average molecular weight is 294 g/mol. The Morgan fingerprint density at radius 3 is 2.71 bits per heavy atom. The lowest BCUT2D eigenvalue weighted by molar-refractivity contribution is 0.0159. The molecule has 1 aliphatic rings. The number of anilines is 2. The number of aliphatic hydroxyl groups is 1. The Morgan fingerprint density at radius 2 is 2.05 bits per heavy atom. The van der Waals surface area contributed by atoms with Gasteiger partial charge in [-0.3, -0.25) is 0 Å². The van der Waals surface area contributed by atoms with Crippen LogP contribution in [0.2, 0.25) is 0 Å². The number of hydrogen-bond acceptors (Lipinski definition) is 5. The third-order valence-electron chi connectivity index (χ3n) is 3.71. The molecule has 0 amide bonds. The molecule has 3 N–H and O–H groups in total. The number of nitrogens with two attached hydrogens (primary N) is 1. The van der Waals surface area contributed by atoms with Crippen molar-refractivity contribution in [2.24, 2.45) is 0 Å². The van der Waals surface area contributed by atoms with E-state index in [4.69, 9.17) is 20.3 Å². The molecule has 1 saturated heterocycles. The molecule has 0 spiro atoms. The molecule has 0 unspecified atom stereocenters. The number of benzene rings is 1. The van der Waals surface area contributed by atoms with E-state index < -0.39 is 0 Å². The van der Waals surface area contributed by atoms with Crippen LogP contribution in [0.3, 0.4) is 0 Å². The molecule has 1 heterocycles. The van der Waals surface area contributed by atoms with Crippen molar-refractivity contribution in [2.45, 2.75) is 32.3 Å². The first kappa shape index (κ1) is 15.9. The summed E-state index contributed by atoms with van der Waals surface area (Å²) in [6, 6.07) is 5.98. The summed E-state index contributed by atoms with van der Waals surface area (Å²) in [5.41, 5.74) is 7.79. The first-order valence-electron chi connectivity index (χ1n) is 7.74. The Labute approximate surface area is 126 Å². The number of aliphatic hydroxyl groups excluding tert-OH is 1. The van der Waals surface area contributed by atoms with Gasteiger partial charge in [0.1, 0.15) is 5.75 Å². The molecule has 118 valence electrons.